The van der Waals surface area contributed by atoms with Gasteiger partial charge >= 0.3 is 39.5 Å². The zero-order valence-corrected chi connectivity index (χ0v) is 65.5. The van der Waals surface area contributed by atoms with E-state index >= 15 is 0 Å². The third kappa shape index (κ3) is 73.5. The average molecular weight is 1470 g/mol. The van der Waals surface area contributed by atoms with E-state index in [4.69, 9.17) is 37.0 Å². The van der Waals surface area contributed by atoms with Gasteiger partial charge in [0.1, 0.15) is 19.3 Å². The molecule has 0 radical (unpaired) electrons. The molecule has 0 rings (SSSR count). The van der Waals surface area contributed by atoms with Crippen LogP contribution in [0.25, 0.3) is 0 Å². The Morgan fingerprint density at radius 2 is 0.539 bits per heavy atom. The lowest BCUT2D eigenvalue weighted by Gasteiger charge is -2.21. The minimum absolute atomic E-state index is 0.0695. The number of carbonyl (C=O) groups is 4. The van der Waals surface area contributed by atoms with Gasteiger partial charge in [-0.25, -0.2) is 9.13 Å². The van der Waals surface area contributed by atoms with Crippen LogP contribution in [-0.2, 0) is 65.4 Å². The van der Waals surface area contributed by atoms with Gasteiger partial charge in [-0.05, 0) is 154 Å². The molecule has 19 heteroatoms. The van der Waals surface area contributed by atoms with Crippen LogP contribution in [0.15, 0.2) is 134 Å². The molecule has 0 aliphatic heterocycles. The van der Waals surface area contributed by atoms with Crippen molar-refractivity contribution in [1.82, 2.24) is 0 Å². The third-order valence-electron chi connectivity index (χ3n) is 16.0. The first-order chi connectivity index (χ1) is 49.7. The summed E-state index contributed by atoms with van der Waals surface area (Å²) in [7, 11) is -9.98. The van der Waals surface area contributed by atoms with E-state index in [9.17, 15) is 43.2 Å². The minimum atomic E-state index is -4.99. The molecule has 5 unspecified atom stereocenters. The zero-order valence-electron chi connectivity index (χ0n) is 63.7. The van der Waals surface area contributed by atoms with E-state index in [0.717, 1.165) is 180 Å². The van der Waals surface area contributed by atoms with Gasteiger partial charge in [0.25, 0.3) is 0 Å². The maximum Gasteiger partial charge on any atom is 0.472 e. The van der Waals surface area contributed by atoms with Crippen molar-refractivity contribution in [3.63, 3.8) is 0 Å². The number of ether oxygens (including phenoxy) is 4. The summed E-state index contributed by atoms with van der Waals surface area (Å²) in [6.07, 6.45) is 83.0. The Labute approximate surface area is 618 Å². The fourth-order valence-corrected chi connectivity index (χ4v) is 11.6. The van der Waals surface area contributed by atoms with Crippen molar-refractivity contribution < 1.29 is 80.2 Å². The molecule has 584 valence electrons. The number of rotatable bonds is 73. The fourth-order valence-electron chi connectivity index (χ4n) is 10.1. The van der Waals surface area contributed by atoms with Crippen LogP contribution in [0, 0.1) is 0 Å². The molecule has 0 saturated heterocycles. The van der Waals surface area contributed by atoms with Crippen LogP contribution >= 0.6 is 15.6 Å². The molecule has 0 bridgehead atoms. The maximum atomic E-state index is 13.1. The van der Waals surface area contributed by atoms with Crippen LogP contribution in [0.4, 0.5) is 0 Å². The summed E-state index contributed by atoms with van der Waals surface area (Å²) in [5.74, 6) is -2.28. The largest absolute Gasteiger partial charge is 0.472 e. The number of aliphatic hydroxyl groups is 1. The van der Waals surface area contributed by atoms with Crippen LogP contribution in [0.2, 0.25) is 0 Å². The second-order valence-corrected chi connectivity index (χ2v) is 28.8. The summed E-state index contributed by atoms with van der Waals surface area (Å²) in [6.45, 7) is 4.55. The summed E-state index contributed by atoms with van der Waals surface area (Å²) in [5.41, 5.74) is 0. The van der Waals surface area contributed by atoms with E-state index in [1.807, 2.05) is 12.2 Å². The highest BCUT2D eigenvalue weighted by atomic mass is 31.2. The van der Waals surface area contributed by atoms with Crippen LogP contribution in [-0.4, -0.2) is 96.7 Å². The van der Waals surface area contributed by atoms with E-state index in [1.54, 1.807) is 0 Å². The number of unbranched alkanes of at least 4 members (excludes halogenated alkanes) is 25. The molecule has 0 aromatic rings. The summed E-state index contributed by atoms with van der Waals surface area (Å²) in [5, 5.41) is 10.6. The van der Waals surface area contributed by atoms with Crippen LogP contribution < -0.4 is 0 Å². The molecule has 0 saturated carbocycles. The van der Waals surface area contributed by atoms with Crippen LogP contribution in [0.3, 0.4) is 0 Å². The van der Waals surface area contributed by atoms with Gasteiger partial charge in [-0.3, -0.25) is 37.3 Å². The van der Waals surface area contributed by atoms with Crippen molar-refractivity contribution in [2.45, 2.75) is 329 Å². The van der Waals surface area contributed by atoms with Crippen molar-refractivity contribution in [3.8, 4) is 0 Å². The Hall–Kier alpha value is -4.80. The van der Waals surface area contributed by atoms with E-state index in [0.29, 0.717) is 32.1 Å². The van der Waals surface area contributed by atoms with E-state index in [-0.39, 0.29) is 25.7 Å². The highest BCUT2D eigenvalue weighted by molar-refractivity contribution is 7.47. The molecule has 0 aliphatic carbocycles. The topological polar surface area (TPSA) is 237 Å². The zero-order chi connectivity index (χ0) is 74.6. The number of phosphoric acid groups is 2. The molecule has 17 nitrogen and oxygen atoms in total. The fraction of sp³-hybridized carbons (Fsp3) is 0.687. The summed E-state index contributed by atoms with van der Waals surface area (Å²) in [6, 6.07) is 0. The van der Waals surface area contributed by atoms with Gasteiger partial charge in [0.2, 0.25) is 0 Å². The van der Waals surface area contributed by atoms with Gasteiger partial charge < -0.3 is 33.8 Å². The van der Waals surface area contributed by atoms with Gasteiger partial charge in [0, 0.05) is 25.7 Å². The highest BCUT2D eigenvalue weighted by Gasteiger charge is 2.30. The van der Waals surface area contributed by atoms with E-state index in [1.165, 1.54) is 44.9 Å². The Bertz CT molecular complexity index is 2460. The Kier molecular flexibility index (Phi) is 71.0. The number of allylic oxidation sites excluding steroid dienone is 22. The number of hydrogen-bond acceptors (Lipinski definition) is 15. The van der Waals surface area contributed by atoms with Crippen molar-refractivity contribution in [1.29, 1.82) is 0 Å². The number of carbonyl (C=O) groups excluding carboxylic acids is 4. The van der Waals surface area contributed by atoms with Crippen LogP contribution in [0.5, 0.6) is 0 Å². The second-order valence-electron chi connectivity index (χ2n) is 25.9. The van der Waals surface area contributed by atoms with E-state index in [2.05, 4.69) is 149 Å². The molecule has 0 aromatic heterocycles. The molecule has 0 amide bonds. The van der Waals surface area contributed by atoms with Crippen molar-refractivity contribution in [3.05, 3.63) is 134 Å². The first-order valence-corrected chi connectivity index (χ1v) is 42.4. The summed E-state index contributed by atoms with van der Waals surface area (Å²) in [4.78, 5) is 72.9. The molecule has 3 N–H and O–H groups in total. The lowest BCUT2D eigenvalue weighted by atomic mass is 10.1. The van der Waals surface area contributed by atoms with Crippen molar-refractivity contribution in [2.75, 3.05) is 39.6 Å². The average Bonchev–Trinajstić information content (AvgIpc) is 0.907. The Balaban J connectivity index is 5.40. The van der Waals surface area contributed by atoms with Gasteiger partial charge in [0.05, 0.1) is 26.4 Å². The Morgan fingerprint density at radius 1 is 0.284 bits per heavy atom. The molecule has 102 heavy (non-hydrogen) atoms. The monoisotopic (exact) mass is 1470 g/mol. The van der Waals surface area contributed by atoms with Crippen molar-refractivity contribution >= 4 is 39.5 Å². The lowest BCUT2D eigenvalue weighted by molar-refractivity contribution is -0.161. The summed E-state index contributed by atoms with van der Waals surface area (Å²) < 4.78 is 68.5. The Morgan fingerprint density at radius 3 is 0.892 bits per heavy atom. The molecule has 0 aliphatic rings. The predicted molar refractivity (Wildman–Crippen MR) is 418 cm³/mol. The first kappa shape index (κ1) is 97.2. The summed E-state index contributed by atoms with van der Waals surface area (Å²) >= 11 is 0. The molecule has 0 spiro atoms. The lowest BCUT2D eigenvalue weighted by Crippen LogP contribution is -2.30. The quantitative estimate of drug-likeness (QED) is 0.0169. The number of esters is 4. The molecular formula is C83H140O17P2. The molecule has 5 atom stereocenters. The normalized spacial score (nSPS) is 14.6. The SMILES string of the molecule is CC/C=C\C/C=C\C/C=C\C/C=C\C/C=C\CCCC(=O)OCC(COP(=O)(O)OCC(O)COP(=O)(O)OCC(COC(=O)CCCCCCCC/C=C\C/C=C\C/C=C\CCCCC)OC(=O)CCCCCCC/C=C\C/C=C\CCC)OC(=O)CCCCCCC/C=C\CCCCCC. The predicted octanol–water partition coefficient (Wildman–Crippen LogP) is 22.9. The number of hydrogen-bond donors (Lipinski definition) is 3. The highest BCUT2D eigenvalue weighted by Crippen LogP contribution is 2.45. The molecule has 0 fully saturated rings. The van der Waals surface area contributed by atoms with Crippen LogP contribution in [0.1, 0.15) is 310 Å². The standard InChI is InChI=1S/C83H140O17P2/c1-5-9-13-17-21-25-29-33-35-37-38-40-42-46-48-52-56-60-64-68-81(86)94-74-79(100-83(88)70-66-62-58-54-50-44-32-28-24-20-16-12-8-4)76-98-102(91,92)96-72-77(84)71-95-101(89,90)97-75-78(99-82(87)69-65-61-57-53-49-43-31-27-23-19-15-11-7-3)73-93-80(85)67-63-59-55-51-47-45-41-39-36-34-30-26-22-18-14-10-6-2/h10,14,16,20-22,25-28,31-36,38,40-41,45,51,55,77-79,84H,5-9,11-13,15,17-19,23-24,29-30,37,39,42-44,46-50,52-54,56-76H2,1-4H3,(H,89,90)(H,91,92)/b14-10-,20-16-,25-21-,26-22-,31-27-,32-28-,35-33-,36-34-,40-38-,45-41-,55-51-. The number of aliphatic hydroxyl groups excluding tert-OH is 1. The van der Waals surface area contributed by atoms with Gasteiger partial charge in [-0.15, -0.1) is 0 Å². The van der Waals surface area contributed by atoms with Gasteiger partial charge in [-0.1, -0.05) is 264 Å². The maximum absolute atomic E-state index is 13.1. The minimum Gasteiger partial charge on any atom is -0.462 e. The second kappa shape index (κ2) is 74.5. The molecule has 0 heterocycles. The van der Waals surface area contributed by atoms with Gasteiger partial charge in [0.15, 0.2) is 12.2 Å². The first-order valence-electron chi connectivity index (χ1n) is 39.4. The smallest absolute Gasteiger partial charge is 0.462 e. The molecule has 0 aromatic carbocycles. The van der Waals surface area contributed by atoms with E-state index < -0.39 is 97.5 Å². The van der Waals surface area contributed by atoms with Crippen molar-refractivity contribution in [2.24, 2.45) is 0 Å². The van der Waals surface area contributed by atoms with Gasteiger partial charge in [-0.2, -0.15) is 0 Å². The number of phosphoric ester groups is 2. The third-order valence-corrected chi connectivity index (χ3v) is 18.0. The molecular weight excluding hydrogens is 1330 g/mol.